The summed E-state index contributed by atoms with van der Waals surface area (Å²) in [5, 5.41) is 0. The fourth-order valence-electron chi connectivity index (χ4n) is 1.28. The molecule has 0 fully saturated rings. The number of nitrogen functional groups attached to an aromatic ring is 1. The summed E-state index contributed by atoms with van der Waals surface area (Å²) in [6.07, 6.45) is 2.99. The molecule has 0 unspecified atom stereocenters. The highest BCUT2D eigenvalue weighted by atomic mass is 16.5. The fraction of sp³-hybridized carbons (Fsp3) is 0.0909. The first-order chi connectivity index (χ1) is 8.33. The number of rotatable bonds is 4. The minimum Gasteiger partial charge on any atom is -0.493 e. The molecule has 1 aromatic heterocycles. The van der Waals surface area contributed by atoms with E-state index in [2.05, 4.69) is 15.4 Å². The topological polar surface area (TPSA) is 82.3 Å². The van der Waals surface area contributed by atoms with Crippen LogP contribution in [0.15, 0.2) is 36.7 Å². The van der Waals surface area contributed by atoms with E-state index >= 15 is 0 Å². The van der Waals surface area contributed by atoms with Crippen LogP contribution in [0.1, 0.15) is 0 Å². The lowest BCUT2D eigenvalue weighted by Gasteiger charge is -2.09. The predicted molar refractivity (Wildman–Crippen MR) is 62.9 cm³/mol. The molecule has 0 spiro atoms. The first-order valence-electron chi connectivity index (χ1n) is 4.93. The standard InChI is InChI=1S/C11H12N4O2/c1-16-8-4-2-3-5-9(8)17-11-7-13-6-10(14-11)15-12/h2-7H,12H2,1H3,(H,14,15). The van der Waals surface area contributed by atoms with Crippen LogP contribution in [0.4, 0.5) is 5.82 Å². The van der Waals surface area contributed by atoms with Gasteiger partial charge in [-0.05, 0) is 12.1 Å². The fourth-order valence-corrected chi connectivity index (χ4v) is 1.28. The molecule has 3 N–H and O–H groups in total. The van der Waals surface area contributed by atoms with Gasteiger partial charge in [0.05, 0.1) is 19.5 Å². The molecule has 17 heavy (non-hydrogen) atoms. The van der Waals surface area contributed by atoms with Crippen LogP contribution in [0.5, 0.6) is 17.4 Å². The second kappa shape index (κ2) is 5.13. The number of methoxy groups -OCH3 is 1. The van der Waals surface area contributed by atoms with Crippen molar-refractivity contribution in [1.29, 1.82) is 0 Å². The number of hydrogen-bond donors (Lipinski definition) is 2. The molecule has 0 saturated carbocycles. The molecule has 2 aromatic rings. The van der Waals surface area contributed by atoms with Crippen LogP contribution in [0, 0.1) is 0 Å². The van der Waals surface area contributed by atoms with Crippen LogP contribution >= 0.6 is 0 Å². The highest BCUT2D eigenvalue weighted by Crippen LogP contribution is 2.29. The molecule has 6 heteroatoms. The number of hydrazine groups is 1. The minimum absolute atomic E-state index is 0.338. The van der Waals surface area contributed by atoms with Crippen LogP contribution in [0.25, 0.3) is 0 Å². The van der Waals surface area contributed by atoms with Gasteiger partial charge in [0, 0.05) is 0 Å². The first kappa shape index (κ1) is 11.2. The Balaban J connectivity index is 2.24. The Morgan fingerprint density at radius 2 is 1.94 bits per heavy atom. The third-order valence-corrected chi connectivity index (χ3v) is 2.04. The van der Waals surface area contributed by atoms with Gasteiger partial charge < -0.3 is 14.9 Å². The Morgan fingerprint density at radius 1 is 1.18 bits per heavy atom. The molecule has 0 radical (unpaired) electrons. The van der Waals surface area contributed by atoms with E-state index in [-0.39, 0.29) is 0 Å². The Hall–Kier alpha value is -2.34. The highest BCUT2D eigenvalue weighted by molar-refractivity contribution is 5.42. The largest absolute Gasteiger partial charge is 0.493 e. The van der Waals surface area contributed by atoms with Crippen LogP contribution in [0.3, 0.4) is 0 Å². The van der Waals surface area contributed by atoms with E-state index in [1.54, 1.807) is 19.2 Å². The van der Waals surface area contributed by atoms with Crippen LogP contribution in [-0.2, 0) is 0 Å². The third-order valence-electron chi connectivity index (χ3n) is 2.04. The third kappa shape index (κ3) is 2.61. The normalized spacial score (nSPS) is 9.76. The number of nitrogens with two attached hydrogens (primary N) is 1. The highest BCUT2D eigenvalue weighted by Gasteiger charge is 2.05. The Kier molecular flexibility index (Phi) is 3.37. The van der Waals surface area contributed by atoms with E-state index in [1.165, 1.54) is 12.4 Å². The van der Waals surface area contributed by atoms with Crippen molar-refractivity contribution < 1.29 is 9.47 Å². The summed E-state index contributed by atoms with van der Waals surface area (Å²) in [4.78, 5) is 8.02. The molecule has 1 aromatic carbocycles. The zero-order valence-corrected chi connectivity index (χ0v) is 9.25. The number of nitrogens with one attached hydrogen (secondary N) is 1. The molecule has 0 aliphatic heterocycles. The molecule has 0 amide bonds. The lowest BCUT2D eigenvalue weighted by molar-refractivity contribution is 0.373. The number of para-hydroxylation sites is 2. The van der Waals surface area contributed by atoms with Gasteiger partial charge in [-0.25, -0.2) is 5.84 Å². The molecule has 2 rings (SSSR count). The number of ether oxygens (including phenoxy) is 2. The molecule has 6 nitrogen and oxygen atoms in total. The molecule has 0 saturated heterocycles. The molecule has 1 heterocycles. The molecule has 88 valence electrons. The number of hydrogen-bond acceptors (Lipinski definition) is 6. The summed E-state index contributed by atoms with van der Waals surface area (Å²) in [6.45, 7) is 0. The Bertz CT molecular complexity index is 504. The van der Waals surface area contributed by atoms with Gasteiger partial charge in [-0.1, -0.05) is 12.1 Å². The second-order valence-electron chi connectivity index (χ2n) is 3.14. The molecule has 0 aliphatic carbocycles. The van der Waals surface area contributed by atoms with E-state index < -0.39 is 0 Å². The van der Waals surface area contributed by atoms with E-state index in [0.717, 1.165) is 0 Å². The molecule has 0 atom stereocenters. The van der Waals surface area contributed by atoms with Crippen LogP contribution in [0.2, 0.25) is 0 Å². The van der Waals surface area contributed by atoms with Gasteiger partial charge in [-0.15, -0.1) is 0 Å². The molecule has 0 aliphatic rings. The number of benzene rings is 1. The van der Waals surface area contributed by atoms with E-state index in [0.29, 0.717) is 23.2 Å². The van der Waals surface area contributed by atoms with Crippen molar-refractivity contribution >= 4 is 5.82 Å². The first-order valence-corrected chi connectivity index (χ1v) is 4.93. The quantitative estimate of drug-likeness (QED) is 0.615. The van der Waals surface area contributed by atoms with Gasteiger partial charge in [0.1, 0.15) is 0 Å². The predicted octanol–water partition coefficient (Wildman–Crippen LogP) is 1.56. The number of anilines is 1. The minimum atomic E-state index is 0.338. The summed E-state index contributed by atoms with van der Waals surface area (Å²) in [6, 6.07) is 7.28. The van der Waals surface area contributed by atoms with Crippen molar-refractivity contribution in [2.75, 3.05) is 12.5 Å². The Morgan fingerprint density at radius 3 is 2.65 bits per heavy atom. The maximum absolute atomic E-state index is 5.55. The van der Waals surface area contributed by atoms with Crippen molar-refractivity contribution in [3.63, 3.8) is 0 Å². The maximum atomic E-state index is 5.55. The lowest BCUT2D eigenvalue weighted by Crippen LogP contribution is -2.09. The van der Waals surface area contributed by atoms with Gasteiger partial charge in [-0.2, -0.15) is 4.98 Å². The van der Waals surface area contributed by atoms with Gasteiger partial charge >= 0.3 is 0 Å². The van der Waals surface area contributed by atoms with E-state index in [4.69, 9.17) is 15.3 Å². The number of aromatic nitrogens is 2. The average molecular weight is 232 g/mol. The summed E-state index contributed by atoms with van der Waals surface area (Å²) in [7, 11) is 1.58. The van der Waals surface area contributed by atoms with Crippen molar-refractivity contribution in [1.82, 2.24) is 9.97 Å². The molecular formula is C11H12N4O2. The van der Waals surface area contributed by atoms with Crippen LogP contribution in [-0.4, -0.2) is 17.1 Å². The summed E-state index contributed by atoms with van der Waals surface area (Å²) in [5.41, 5.74) is 2.40. The number of nitrogens with zero attached hydrogens (tertiary/aromatic N) is 2. The van der Waals surface area contributed by atoms with Crippen molar-refractivity contribution in [2.45, 2.75) is 0 Å². The monoisotopic (exact) mass is 232 g/mol. The van der Waals surface area contributed by atoms with Gasteiger partial charge in [0.15, 0.2) is 17.3 Å². The van der Waals surface area contributed by atoms with Crippen molar-refractivity contribution in [3.8, 4) is 17.4 Å². The Labute approximate surface area is 98.4 Å². The molecule has 0 bridgehead atoms. The summed E-state index contributed by atoms with van der Waals surface area (Å²) in [5.74, 6) is 7.19. The summed E-state index contributed by atoms with van der Waals surface area (Å²) < 4.78 is 10.7. The van der Waals surface area contributed by atoms with Gasteiger partial charge in [0.25, 0.3) is 0 Å². The van der Waals surface area contributed by atoms with Crippen molar-refractivity contribution in [2.24, 2.45) is 5.84 Å². The lowest BCUT2D eigenvalue weighted by atomic mass is 10.3. The van der Waals surface area contributed by atoms with Crippen LogP contribution < -0.4 is 20.7 Å². The van der Waals surface area contributed by atoms with Gasteiger partial charge in [0.2, 0.25) is 5.88 Å². The smallest absolute Gasteiger partial charge is 0.240 e. The SMILES string of the molecule is COc1ccccc1Oc1cncc(NN)n1. The average Bonchev–Trinajstić information content (AvgIpc) is 2.39. The summed E-state index contributed by atoms with van der Waals surface area (Å²) >= 11 is 0. The maximum Gasteiger partial charge on any atom is 0.240 e. The van der Waals surface area contributed by atoms with E-state index in [9.17, 15) is 0 Å². The van der Waals surface area contributed by atoms with E-state index in [1.807, 2.05) is 12.1 Å². The molecular weight excluding hydrogens is 220 g/mol. The zero-order chi connectivity index (χ0) is 12.1. The second-order valence-corrected chi connectivity index (χ2v) is 3.14. The van der Waals surface area contributed by atoms with Crippen molar-refractivity contribution in [3.05, 3.63) is 36.7 Å². The van der Waals surface area contributed by atoms with Gasteiger partial charge in [-0.3, -0.25) is 4.98 Å². The zero-order valence-electron chi connectivity index (χ0n) is 9.25.